The summed E-state index contributed by atoms with van der Waals surface area (Å²) in [5, 5.41) is 10.6. The van der Waals surface area contributed by atoms with Crippen LogP contribution < -0.4 is 4.90 Å². The Morgan fingerprint density at radius 2 is 1.68 bits per heavy atom. The van der Waals surface area contributed by atoms with Gasteiger partial charge in [-0.25, -0.2) is 0 Å². The minimum absolute atomic E-state index is 0.0636. The lowest BCUT2D eigenvalue weighted by Gasteiger charge is -2.43. The second-order valence-corrected chi connectivity index (χ2v) is 15.6. The van der Waals surface area contributed by atoms with E-state index < -0.39 is 34.2 Å². The third-order valence-electron chi connectivity index (χ3n) is 9.20. The molecule has 3 saturated heterocycles. The van der Waals surface area contributed by atoms with Crippen molar-refractivity contribution in [2.75, 3.05) is 24.6 Å². The molecule has 2 bridgehead atoms. The number of para-hydroxylation sites is 1. The van der Waals surface area contributed by atoms with Crippen molar-refractivity contribution in [3.63, 3.8) is 0 Å². The van der Waals surface area contributed by atoms with Gasteiger partial charge in [0.2, 0.25) is 17.7 Å². The van der Waals surface area contributed by atoms with Gasteiger partial charge in [0.05, 0.1) is 29.2 Å². The Labute approximate surface area is 273 Å². The quantitative estimate of drug-likeness (QED) is 0.265. The zero-order valence-corrected chi connectivity index (χ0v) is 28.0. The highest BCUT2D eigenvalue weighted by Crippen LogP contribution is 2.68. The van der Waals surface area contributed by atoms with Gasteiger partial charge in [0.1, 0.15) is 6.04 Å². The van der Waals surface area contributed by atoms with Crippen LogP contribution in [0, 0.1) is 11.8 Å². The number of likely N-dealkylation sites (tertiary alicyclic amines) is 1. The Morgan fingerprint density at radius 3 is 2.25 bits per heavy atom. The topological polar surface area (TPSA) is 81.2 Å². The summed E-state index contributed by atoms with van der Waals surface area (Å²) in [6.45, 7) is 14.0. The van der Waals surface area contributed by atoms with Gasteiger partial charge in [-0.2, -0.15) is 0 Å². The fourth-order valence-electron chi connectivity index (χ4n) is 7.37. The Balaban J connectivity index is 1.63. The number of hydrogen-bond acceptors (Lipinski definition) is 5. The van der Waals surface area contributed by atoms with Gasteiger partial charge >= 0.3 is 0 Å². The number of aliphatic hydroxyl groups is 1. The zero-order valence-electron chi connectivity index (χ0n) is 25.6. The average molecular weight is 681 g/mol. The summed E-state index contributed by atoms with van der Waals surface area (Å²) >= 11 is 5.49. The molecular formula is C35H42BrN3O4S. The molecule has 9 heteroatoms. The first-order valence-electron chi connectivity index (χ1n) is 15.2. The van der Waals surface area contributed by atoms with Gasteiger partial charge in [-0.1, -0.05) is 76.6 Å². The maximum absolute atomic E-state index is 14.9. The molecule has 3 aliphatic rings. The first-order valence-corrected chi connectivity index (χ1v) is 17.0. The summed E-state index contributed by atoms with van der Waals surface area (Å²) in [5.74, 6) is -1.91. The molecule has 3 aliphatic heterocycles. The van der Waals surface area contributed by atoms with Crippen LogP contribution in [-0.4, -0.2) is 84.8 Å². The average Bonchev–Trinajstić information content (AvgIpc) is 3.60. The van der Waals surface area contributed by atoms with Gasteiger partial charge in [-0.15, -0.1) is 24.9 Å². The number of alkyl halides is 1. The Kier molecular flexibility index (Phi) is 9.50. The van der Waals surface area contributed by atoms with Gasteiger partial charge in [-0.3, -0.25) is 14.4 Å². The van der Waals surface area contributed by atoms with Crippen LogP contribution in [0.5, 0.6) is 0 Å². The SMILES string of the molecule is C=CCN(C(=O)[C@H]1[C@@H]2SC3(CC2Br)C(C(=O)N(CC=C)C(C)(C)C)N([C@@H](CO)Cc2ccccc2)C(=O)[C@H]13)c1ccccc1. The van der Waals surface area contributed by atoms with E-state index in [0.717, 1.165) is 11.3 Å². The third-order valence-corrected chi connectivity index (χ3v) is 12.4. The molecule has 1 spiro atoms. The molecule has 3 unspecified atom stereocenters. The molecule has 3 fully saturated rings. The standard InChI is InChI=1S/C35H42BrN3O4S/c1-6-18-37(24-16-12-9-13-17-24)31(41)27-28-32(42)39(25(22-40)20-23-14-10-8-11-15-23)30(35(28)21-26(36)29(27)44-35)33(43)38(19-7-2)34(3,4)5/h6-17,25-30,40H,1-2,18-22H2,3-5H3/t25-,26?,27-,28+,29-,30?,35?/m1/s1. The van der Waals surface area contributed by atoms with Gasteiger partial charge in [-0.05, 0) is 51.3 Å². The molecule has 0 aromatic heterocycles. The summed E-state index contributed by atoms with van der Waals surface area (Å²) < 4.78 is -0.835. The van der Waals surface area contributed by atoms with Crippen LogP contribution >= 0.6 is 27.7 Å². The molecule has 5 rings (SSSR count). The highest BCUT2D eigenvalue weighted by molar-refractivity contribution is 9.09. The van der Waals surface area contributed by atoms with Crippen molar-refractivity contribution in [3.05, 3.63) is 91.5 Å². The number of halogens is 1. The van der Waals surface area contributed by atoms with E-state index in [4.69, 9.17) is 0 Å². The van der Waals surface area contributed by atoms with Crippen LogP contribution in [0.15, 0.2) is 86.0 Å². The smallest absolute Gasteiger partial charge is 0.247 e. The normalized spacial score (nSPS) is 28.0. The van der Waals surface area contributed by atoms with Crippen molar-refractivity contribution >= 4 is 51.1 Å². The molecule has 7 nitrogen and oxygen atoms in total. The minimum Gasteiger partial charge on any atom is -0.394 e. The first-order chi connectivity index (χ1) is 21.0. The van der Waals surface area contributed by atoms with E-state index in [1.807, 2.05) is 81.4 Å². The molecule has 0 radical (unpaired) electrons. The van der Waals surface area contributed by atoms with Crippen LogP contribution in [0.25, 0.3) is 0 Å². The van der Waals surface area contributed by atoms with Gasteiger partial charge in [0.15, 0.2) is 0 Å². The molecule has 3 amide bonds. The number of carbonyl (C=O) groups excluding carboxylic acids is 3. The van der Waals surface area contributed by atoms with E-state index in [-0.39, 0.29) is 34.4 Å². The highest BCUT2D eigenvalue weighted by Gasteiger charge is 2.76. The van der Waals surface area contributed by atoms with E-state index >= 15 is 0 Å². The first kappa shape index (κ1) is 32.5. The summed E-state index contributed by atoms with van der Waals surface area (Å²) in [7, 11) is 0. The van der Waals surface area contributed by atoms with Crippen LogP contribution in [0.3, 0.4) is 0 Å². The van der Waals surface area contributed by atoms with E-state index in [1.54, 1.807) is 38.6 Å². The van der Waals surface area contributed by atoms with Crippen molar-refractivity contribution in [1.82, 2.24) is 9.80 Å². The highest BCUT2D eigenvalue weighted by atomic mass is 79.9. The second kappa shape index (κ2) is 12.9. The monoisotopic (exact) mass is 679 g/mol. The number of amides is 3. The van der Waals surface area contributed by atoms with Crippen LogP contribution in [0.2, 0.25) is 0 Å². The lowest BCUT2D eigenvalue weighted by Crippen LogP contribution is -2.61. The summed E-state index contributed by atoms with van der Waals surface area (Å²) in [6, 6.07) is 17.7. The lowest BCUT2D eigenvalue weighted by molar-refractivity contribution is -0.148. The van der Waals surface area contributed by atoms with E-state index in [2.05, 4.69) is 29.1 Å². The van der Waals surface area contributed by atoms with Crippen molar-refractivity contribution in [2.45, 2.75) is 66.1 Å². The van der Waals surface area contributed by atoms with Crippen molar-refractivity contribution < 1.29 is 19.5 Å². The van der Waals surface area contributed by atoms with Gasteiger partial charge in [0.25, 0.3) is 0 Å². The third kappa shape index (κ3) is 5.56. The number of nitrogens with zero attached hydrogens (tertiary/aromatic N) is 3. The summed E-state index contributed by atoms with van der Waals surface area (Å²) in [4.78, 5) is 49.3. The van der Waals surface area contributed by atoms with Crippen molar-refractivity contribution in [2.24, 2.45) is 11.8 Å². The lowest BCUT2D eigenvalue weighted by atomic mass is 9.70. The number of fused-ring (bicyclic) bond motifs is 1. The number of carbonyl (C=O) groups is 3. The van der Waals surface area contributed by atoms with Gasteiger partial charge in [0, 0.05) is 34.4 Å². The number of thioether (sulfide) groups is 1. The largest absolute Gasteiger partial charge is 0.394 e. The maximum atomic E-state index is 14.9. The molecular weight excluding hydrogens is 638 g/mol. The molecule has 1 N–H and O–H groups in total. The maximum Gasteiger partial charge on any atom is 0.247 e. The molecule has 3 heterocycles. The number of rotatable bonds is 11. The zero-order chi connectivity index (χ0) is 31.8. The minimum atomic E-state index is -0.850. The summed E-state index contributed by atoms with van der Waals surface area (Å²) in [5.41, 5.74) is 1.16. The number of anilines is 1. The Bertz CT molecular complexity index is 1400. The van der Waals surface area contributed by atoms with Crippen molar-refractivity contribution in [1.29, 1.82) is 0 Å². The fourth-order valence-corrected chi connectivity index (χ4v) is 11.0. The molecule has 44 heavy (non-hydrogen) atoms. The second-order valence-electron chi connectivity index (χ2n) is 12.9. The van der Waals surface area contributed by atoms with E-state index in [0.29, 0.717) is 25.9 Å². The number of hydrogen-bond donors (Lipinski definition) is 1. The fraction of sp³-hybridized carbons (Fsp3) is 0.457. The molecule has 0 saturated carbocycles. The number of aliphatic hydroxyl groups excluding tert-OH is 1. The predicted molar refractivity (Wildman–Crippen MR) is 181 cm³/mol. The Morgan fingerprint density at radius 1 is 1.07 bits per heavy atom. The van der Waals surface area contributed by atoms with E-state index in [1.165, 1.54) is 0 Å². The van der Waals surface area contributed by atoms with Crippen LogP contribution in [-0.2, 0) is 20.8 Å². The Hall–Kier alpha value is -2.88. The van der Waals surface area contributed by atoms with Crippen LogP contribution in [0.4, 0.5) is 5.69 Å². The molecule has 7 atom stereocenters. The van der Waals surface area contributed by atoms with Crippen molar-refractivity contribution in [3.8, 4) is 0 Å². The predicted octanol–water partition coefficient (Wildman–Crippen LogP) is 5.09. The molecule has 0 aliphatic carbocycles. The van der Waals surface area contributed by atoms with Crippen LogP contribution in [0.1, 0.15) is 32.8 Å². The molecule has 2 aromatic carbocycles. The van der Waals surface area contributed by atoms with Gasteiger partial charge < -0.3 is 19.8 Å². The summed E-state index contributed by atoms with van der Waals surface area (Å²) in [6.07, 6.45) is 4.36. The molecule has 234 valence electrons. The van der Waals surface area contributed by atoms with E-state index in [9.17, 15) is 19.5 Å². The molecule has 2 aromatic rings. The number of benzene rings is 2.